The van der Waals surface area contributed by atoms with Gasteiger partial charge in [0.05, 0.1) is 10.9 Å². The number of hydrogen-bond donors (Lipinski definition) is 0. The first kappa shape index (κ1) is 20.4. The van der Waals surface area contributed by atoms with Gasteiger partial charge in [0.15, 0.2) is 0 Å². The highest BCUT2D eigenvalue weighted by Gasteiger charge is 2.27. The molecule has 0 saturated carbocycles. The van der Waals surface area contributed by atoms with Crippen LogP contribution >= 0.6 is 11.8 Å². The highest BCUT2D eigenvalue weighted by atomic mass is 32.2. The summed E-state index contributed by atoms with van der Waals surface area (Å²) < 4.78 is 1.74. The molecule has 0 N–H and O–H groups in total. The number of tetrazole rings is 1. The summed E-state index contributed by atoms with van der Waals surface area (Å²) in [6.07, 6.45) is 0. The third-order valence-corrected chi connectivity index (χ3v) is 6.46. The van der Waals surface area contributed by atoms with Crippen molar-refractivity contribution in [3.8, 4) is 5.69 Å². The van der Waals surface area contributed by atoms with Crippen molar-refractivity contribution < 1.29 is 4.79 Å². The van der Waals surface area contributed by atoms with Crippen LogP contribution in [-0.2, 0) is 4.79 Å². The van der Waals surface area contributed by atoms with Gasteiger partial charge in [0.25, 0.3) is 0 Å². The number of carbonyl (C=O) groups is 1. The number of piperazine rings is 1. The minimum atomic E-state index is -0.262. The molecule has 1 amide bonds. The Bertz CT molecular complexity index is 993. The number of para-hydroxylation sites is 2. The third kappa shape index (κ3) is 4.18. The summed E-state index contributed by atoms with van der Waals surface area (Å²) in [5, 5.41) is 12.6. The van der Waals surface area contributed by atoms with Crippen molar-refractivity contribution in [2.24, 2.45) is 0 Å². The van der Waals surface area contributed by atoms with E-state index in [4.69, 9.17) is 0 Å². The second-order valence-corrected chi connectivity index (χ2v) is 8.83. The molecule has 0 aliphatic carbocycles. The summed E-state index contributed by atoms with van der Waals surface area (Å²) in [6, 6.07) is 16.4. The van der Waals surface area contributed by atoms with Crippen molar-refractivity contribution in [1.29, 1.82) is 0 Å². The number of rotatable bonds is 5. The fourth-order valence-electron chi connectivity index (χ4n) is 3.82. The number of benzene rings is 2. The molecular formula is C22H26N6OS. The van der Waals surface area contributed by atoms with Crippen LogP contribution in [0.1, 0.15) is 18.1 Å². The van der Waals surface area contributed by atoms with Gasteiger partial charge in [0, 0.05) is 31.9 Å². The van der Waals surface area contributed by atoms with Crippen LogP contribution in [0.2, 0.25) is 0 Å². The average molecular weight is 423 g/mol. The topological polar surface area (TPSA) is 67.2 Å². The van der Waals surface area contributed by atoms with Crippen molar-refractivity contribution in [2.45, 2.75) is 31.2 Å². The highest BCUT2D eigenvalue weighted by Crippen LogP contribution is 2.27. The van der Waals surface area contributed by atoms with E-state index in [2.05, 4.69) is 32.6 Å². The Labute approximate surface area is 181 Å². The molecule has 8 heteroatoms. The molecule has 30 heavy (non-hydrogen) atoms. The zero-order chi connectivity index (χ0) is 21.1. The minimum absolute atomic E-state index is 0.128. The van der Waals surface area contributed by atoms with E-state index in [0.717, 1.165) is 43.0 Å². The summed E-state index contributed by atoms with van der Waals surface area (Å²) >= 11 is 1.41. The second kappa shape index (κ2) is 8.87. The summed E-state index contributed by atoms with van der Waals surface area (Å²) in [7, 11) is 0. The van der Waals surface area contributed by atoms with Gasteiger partial charge in [0.2, 0.25) is 11.1 Å². The molecule has 1 fully saturated rings. The van der Waals surface area contributed by atoms with Crippen LogP contribution in [-0.4, -0.2) is 62.4 Å². The van der Waals surface area contributed by atoms with E-state index in [1.807, 2.05) is 62.1 Å². The van der Waals surface area contributed by atoms with Crippen LogP contribution in [0.3, 0.4) is 0 Å². The van der Waals surface area contributed by atoms with Gasteiger partial charge in [-0.25, -0.2) is 0 Å². The molecule has 2 aromatic carbocycles. The van der Waals surface area contributed by atoms with Crippen LogP contribution in [0.4, 0.5) is 5.69 Å². The van der Waals surface area contributed by atoms with Crippen LogP contribution in [0.25, 0.3) is 5.69 Å². The van der Waals surface area contributed by atoms with Crippen LogP contribution in [0.5, 0.6) is 0 Å². The van der Waals surface area contributed by atoms with Gasteiger partial charge < -0.3 is 9.80 Å². The smallest absolute Gasteiger partial charge is 0.236 e. The van der Waals surface area contributed by atoms with Crippen molar-refractivity contribution >= 4 is 23.4 Å². The molecule has 1 saturated heterocycles. The standard InChI is InChI=1S/C22H26N6OS/c1-16-8-7-9-17(2)20(16)28-22(23-24-25-28)30-18(3)21(29)27-14-12-26(13-15-27)19-10-5-4-6-11-19/h4-11,18H,12-15H2,1-3H3/t18-/m0/s1. The zero-order valence-corrected chi connectivity index (χ0v) is 18.3. The largest absolute Gasteiger partial charge is 0.368 e. The van der Waals surface area contributed by atoms with Gasteiger partial charge in [-0.15, -0.1) is 5.10 Å². The van der Waals surface area contributed by atoms with E-state index >= 15 is 0 Å². The maximum absolute atomic E-state index is 13.1. The average Bonchev–Trinajstić information content (AvgIpc) is 3.21. The predicted octanol–water partition coefficient (Wildman–Crippen LogP) is 3.11. The molecule has 3 aromatic rings. The van der Waals surface area contributed by atoms with Crippen LogP contribution in [0, 0.1) is 13.8 Å². The van der Waals surface area contributed by atoms with Gasteiger partial charge in [-0.2, -0.15) is 4.68 Å². The molecule has 4 rings (SSSR count). The molecule has 1 aromatic heterocycles. The number of aromatic nitrogens is 4. The summed E-state index contributed by atoms with van der Waals surface area (Å²) in [6.45, 7) is 9.14. The van der Waals surface area contributed by atoms with Crippen molar-refractivity contribution in [1.82, 2.24) is 25.1 Å². The second-order valence-electron chi connectivity index (χ2n) is 7.52. The molecular weight excluding hydrogens is 396 g/mol. The molecule has 0 unspecified atom stereocenters. The number of amides is 1. The Kier molecular flexibility index (Phi) is 6.03. The van der Waals surface area contributed by atoms with E-state index in [1.165, 1.54) is 17.4 Å². The molecule has 1 aliphatic rings. The third-order valence-electron chi connectivity index (χ3n) is 5.43. The fraction of sp³-hybridized carbons (Fsp3) is 0.364. The van der Waals surface area contributed by atoms with Crippen molar-refractivity contribution in [3.63, 3.8) is 0 Å². The number of nitrogens with zero attached hydrogens (tertiary/aromatic N) is 6. The first-order chi connectivity index (χ1) is 14.5. The van der Waals surface area contributed by atoms with E-state index in [-0.39, 0.29) is 11.2 Å². The van der Waals surface area contributed by atoms with E-state index in [1.54, 1.807) is 4.68 Å². The van der Waals surface area contributed by atoms with Crippen molar-refractivity contribution in [3.05, 3.63) is 59.7 Å². The summed E-state index contributed by atoms with van der Waals surface area (Å²) in [5.41, 5.74) is 4.38. The number of aryl methyl sites for hydroxylation is 2. The normalized spacial score (nSPS) is 15.3. The maximum atomic E-state index is 13.1. The Hall–Kier alpha value is -2.87. The van der Waals surface area contributed by atoms with Crippen LogP contribution in [0.15, 0.2) is 53.7 Å². The van der Waals surface area contributed by atoms with E-state index in [0.29, 0.717) is 5.16 Å². The van der Waals surface area contributed by atoms with E-state index < -0.39 is 0 Å². The quantitative estimate of drug-likeness (QED) is 0.589. The molecule has 7 nitrogen and oxygen atoms in total. The van der Waals surface area contributed by atoms with Crippen LogP contribution < -0.4 is 4.90 Å². The van der Waals surface area contributed by atoms with Gasteiger partial charge >= 0.3 is 0 Å². The number of hydrogen-bond acceptors (Lipinski definition) is 6. The molecule has 0 bridgehead atoms. The SMILES string of the molecule is Cc1cccc(C)c1-n1nnnc1S[C@@H](C)C(=O)N1CCN(c2ccccc2)CC1. The number of carbonyl (C=O) groups excluding carboxylic acids is 1. The Morgan fingerprint density at radius 2 is 1.63 bits per heavy atom. The molecule has 0 spiro atoms. The van der Waals surface area contributed by atoms with Gasteiger partial charge in [-0.3, -0.25) is 4.79 Å². The van der Waals surface area contributed by atoms with Gasteiger partial charge in [0.1, 0.15) is 0 Å². The Balaban J connectivity index is 1.41. The Morgan fingerprint density at radius 1 is 0.967 bits per heavy atom. The van der Waals surface area contributed by atoms with Gasteiger partial charge in [-0.1, -0.05) is 48.2 Å². The fourth-order valence-corrected chi connectivity index (χ4v) is 4.70. The lowest BCUT2D eigenvalue weighted by Crippen LogP contribution is -2.50. The lowest BCUT2D eigenvalue weighted by molar-refractivity contribution is -0.130. The predicted molar refractivity (Wildman–Crippen MR) is 119 cm³/mol. The monoisotopic (exact) mass is 422 g/mol. The Morgan fingerprint density at radius 3 is 2.30 bits per heavy atom. The molecule has 0 radical (unpaired) electrons. The summed E-state index contributed by atoms with van der Waals surface area (Å²) in [4.78, 5) is 17.3. The van der Waals surface area contributed by atoms with E-state index in [9.17, 15) is 4.79 Å². The first-order valence-electron chi connectivity index (χ1n) is 10.1. The van der Waals surface area contributed by atoms with Gasteiger partial charge in [-0.05, 0) is 54.5 Å². The first-order valence-corrected chi connectivity index (χ1v) is 11.0. The number of anilines is 1. The molecule has 2 heterocycles. The van der Waals surface area contributed by atoms with Crippen molar-refractivity contribution in [2.75, 3.05) is 31.1 Å². The maximum Gasteiger partial charge on any atom is 0.236 e. The highest BCUT2D eigenvalue weighted by molar-refractivity contribution is 8.00. The molecule has 1 atom stereocenters. The number of thioether (sulfide) groups is 1. The minimum Gasteiger partial charge on any atom is -0.368 e. The molecule has 1 aliphatic heterocycles. The summed E-state index contributed by atoms with van der Waals surface area (Å²) in [5.74, 6) is 0.128. The lowest BCUT2D eigenvalue weighted by Gasteiger charge is -2.37. The molecule has 156 valence electrons. The zero-order valence-electron chi connectivity index (χ0n) is 17.5. The lowest BCUT2D eigenvalue weighted by atomic mass is 10.1.